The number of nitrogens with one attached hydrogen (secondary N) is 2. The van der Waals surface area contributed by atoms with Crippen molar-refractivity contribution in [3.05, 3.63) is 71.0 Å². The van der Waals surface area contributed by atoms with Crippen LogP contribution in [0.25, 0.3) is 0 Å². The molecule has 0 aliphatic rings. The van der Waals surface area contributed by atoms with Crippen molar-refractivity contribution in [3.8, 4) is 0 Å². The maximum Gasteiger partial charge on any atom is 0.411 e. The summed E-state index contributed by atoms with van der Waals surface area (Å²) in [5.74, 6) is -0.0291. The van der Waals surface area contributed by atoms with Crippen LogP contribution in [0.5, 0.6) is 0 Å². The van der Waals surface area contributed by atoms with E-state index in [-0.39, 0.29) is 42.7 Å². The van der Waals surface area contributed by atoms with Crippen molar-refractivity contribution in [2.45, 2.75) is 32.4 Å². The van der Waals surface area contributed by atoms with Gasteiger partial charge >= 0.3 is 6.18 Å². The highest BCUT2D eigenvalue weighted by Crippen LogP contribution is 2.17. The Hall–Kier alpha value is -1.92. The Bertz CT molecular complexity index is 817. The second kappa shape index (κ2) is 13.5. The first-order valence-electron chi connectivity index (χ1n) is 9.45. The Balaban J connectivity index is 0.00000480. The summed E-state index contributed by atoms with van der Waals surface area (Å²) >= 11 is 0. The number of alkyl halides is 3. The third-order valence-corrected chi connectivity index (χ3v) is 4.05. The van der Waals surface area contributed by atoms with Crippen molar-refractivity contribution in [3.63, 3.8) is 0 Å². The van der Waals surface area contributed by atoms with Gasteiger partial charge in [-0.15, -0.1) is 24.0 Å². The molecule has 2 aromatic carbocycles. The molecule has 0 amide bonds. The van der Waals surface area contributed by atoms with E-state index in [1.165, 1.54) is 12.1 Å². The summed E-state index contributed by atoms with van der Waals surface area (Å²) in [6, 6.07) is 12.9. The highest BCUT2D eigenvalue weighted by Gasteiger charge is 2.27. The molecule has 0 aliphatic heterocycles. The number of aliphatic imine (C=N–C) groups is 1. The Morgan fingerprint density at radius 2 is 1.71 bits per heavy atom. The number of aliphatic hydroxyl groups excluding tert-OH is 1. The van der Waals surface area contributed by atoms with Gasteiger partial charge in [0.1, 0.15) is 12.4 Å². The first-order chi connectivity index (χ1) is 14.3. The number of hydrogen-bond donors (Lipinski definition) is 3. The van der Waals surface area contributed by atoms with Crippen LogP contribution in [0.4, 0.5) is 17.6 Å². The molecule has 0 heterocycles. The third-order valence-electron chi connectivity index (χ3n) is 4.05. The molecule has 0 aliphatic carbocycles. The molecule has 3 N–H and O–H groups in total. The lowest BCUT2D eigenvalue weighted by Crippen LogP contribution is -2.39. The SMILES string of the molecule is CCNC(=NCc1ccc(COCC(F)(F)F)cc1)NCC(O)c1ccccc1F.I. The van der Waals surface area contributed by atoms with Gasteiger partial charge in [0.2, 0.25) is 0 Å². The van der Waals surface area contributed by atoms with Gasteiger partial charge in [0, 0.05) is 18.7 Å². The molecule has 1 unspecified atom stereocenters. The van der Waals surface area contributed by atoms with E-state index in [0.717, 1.165) is 5.56 Å². The van der Waals surface area contributed by atoms with Crippen molar-refractivity contribution < 1.29 is 27.4 Å². The van der Waals surface area contributed by atoms with Crippen LogP contribution in [-0.4, -0.2) is 36.9 Å². The van der Waals surface area contributed by atoms with Crippen LogP contribution in [0.3, 0.4) is 0 Å². The molecule has 172 valence electrons. The quantitative estimate of drug-likeness (QED) is 0.187. The van der Waals surface area contributed by atoms with Gasteiger partial charge < -0.3 is 20.5 Å². The normalized spacial score (nSPS) is 12.8. The van der Waals surface area contributed by atoms with E-state index in [1.54, 1.807) is 36.4 Å². The molecular weight excluding hydrogens is 529 g/mol. The molecule has 31 heavy (non-hydrogen) atoms. The fraction of sp³-hybridized carbons (Fsp3) is 0.381. The van der Waals surface area contributed by atoms with Crippen LogP contribution in [0, 0.1) is 5.82 Å². The number of ether oxygens (including phenoxy) is 1. The minimum atomic E-state index is -4.34. The van der Waals surface area contributed by atoms with E-state index < -0.39 is 24.7 Å². The summed E-state index contributed by atoms with van der Waals surface area (Å²) in [6.07, 6.45) is -5.38. The minimum absolute atomic E-state index is 0. The lowest BCUT2D eigenvalue weighted by molar-refractivity contribution is -0.176. The van der Waals surface area contributed by atoms with E-state index >= 15 is 0 Å². The Morgan fingerprint density at radius 1 is 1.06 bits per heavy atom. The Labute approximate surface area is 195 Å². The average Bonchev–Trinajstić information content (AvgIpc) is 2.70. The fourth-order valence-electron chi connectivity index (χ4n) is 2.59. The third kappa shape index (κ3) is 10.3. The number of guanidine groups is 1. The van der Waals surface area contributed by atoms with Crippen molar-refractivity contribution in [1.29, 1.82) is 0 Å². The largest absolute Gasteiger partial charge is 0.411 e. The van der Waals surface area contributed by atoms with E-state index in [1.807, 2.05) is 6.92 Å². The Morgan fingerprint density at radius 3 is 2.32 bits per heavy atom. The van der Waals surface area contributed by atoms with E-state index in [4.69, 9.17) is 0 Å². The predicted octanol–water partition coefficient (Wildman–Crippen LogP) is 4.31. The highest BCUT2D eigenvalue weighted by molar-refractivity contribution is 14.0. The molecule has 0 radical (unpaired) electrons. The van der Waals surface area contributed by atoms with Crippen LogP contribution in [0.15, 0.2) is 53.5 Å². The zero-order valence-corrected chi connectivity index (χ0v) is 19.3. The zero-order valence-electron chi connectivity index (χ0n) is 17.0. The molecule has 2 rings (SSSR count). The van der Waals surface area contributed by atoms with Crippen molar-refractivity contribution in [2.24, 2.45) is 4.99 Å². The molecule has 5 nitrogen and oxygen atoms in total. The highest BCUT2D eigenvalue weighted by atomic mass is 127. The maximum atomic E-state index is 13.8. The topological polar surface area (TPSA) is 65.9 Å². The molecule has 0 spiro atoms. The van der Waals surface area contributed by atoms with Gasteiger partial charge in [0.25, 0.3) is 0 Å². The van der Waals surface area contributed by atoms with Crippen molar-refractivity contribution in [1.82, 2.24) is 10.6 Å². The average molecular weight is 555 g/mol. The molecule has 2 aromatic rings. The number of rotatable bonds is 9. The van der Waals surface area contributed by atoms with Gasteiger partial charge in [0.05, 0.1) is 19.3 Å². The first kappa shape index (κ1) is 27.1. The number of aliphatic hydroxyl groups is 1. The lowest BCUT2D eigenvalue weighted by atomic mass is 10.1. The van der Waals surface area contributed by atoms with Gasteiger partial charge in [0.15, 0.2) is 5.96 Å². The smallest absolute Gasteiger partial charge is 0.386 e. The van der Waals surface area contributed by atoms with Gasteiger partial charge in [-0.1, -0.05) is 42.5 Å². The van der Waals surface area contributed by atoms with Crippen LogP contribution in [-0.2, 0) is 17.9 Å². The molecule has 0 aromatic heterocycles. The van der Waals surface area contributed by atoms with Crippen molar-refractivity contribution in [2.75, 3.05) is 19.7 Å². The number of benzene rings is 2. The molecule has 0 saturated carbocycles. The first-order valence-corrected chi connectivity index (χ1v) is 9.45. The summed E-state index contributed by atoms with van der Waals surface area (Å²) in [7, 11) is 0. The molecule has 1 atom stereocenters. The summed E-state index contributed by atoms with van der Waals surface area (Å²) in [6.45, 7) is 1.46. The lowest BCUT2D eigenvalue weighted by Gasteiger charge is -2.16. The molecular formula is C21H26F4IN3O2. The summed E-state index contributed by atoms with van der Waals surface area (Å²) in [5, 5.41) is 16.2. The fourth-order valence-corrected chi connectivity index (χ4v) is 2.59. The standard InChI is InChI=1S/C21H25F4N3O2.HI/c1-2-26-20(28-12-19(29)17-5-3-4-6-18(17)22)27-11-15-7-9-16(10-8-15)13-30-14-21(23,24)25;/h3-10,19,29H,2,11-14H2,1H3,(H2,26,27,28);1H. The van der Waals surface area contributed by atoms with E-state index in [0.29, 0.717) is 24.6 Å². The monoisotopic (exact) mass is 555 g/mol. The van der Waals surface area contributed by atoms with Crippen LogP contribution in [0.1, 0.15) is 29.7 Å². The summed E-state index contributed by atoms with van der Waals surface area (Å²) in [5.41, 5.74) is 1.68. The van der Waals surface area contributed by atoms with E-state index in [9.17, 15) is 22.7 Å². The number of halogens is 5. The van der Waals surface area contributed by atoms with E-state index in [2.05, 4.69) is 20.4 Å². The molecule has 10 heteroatoms. The predicted molar refractivity (Wildman–Crippen MR) is 122 cm³/mol. The van der Waals surface area contributed by atoms with Gasteiger partial charge in [-0.25, -0.2) is 9.38 Å². The zero-order chi connectivity index (χ0) is 22.0. The summed E-state index contributed by atoms with van der Waals surface area (Å²) < 4.78 is 54.7. The number of hydrogen-bond acceptors (Lipinski definition) is 3. The maximum absolute atomic E-state index is 13.8. The van der Waals surface area contributed by atoms with Crippen LogP contribution < -0.4 is 10.6 Å². The molecule has 0 bridgehead atoms. The second-order valence-electron chi connectivity index (χ2n) is 6.54. The summed E-state index contributed by atoms with van der Waals surface area (Å²) in [4.78, 5) is 4.41. The second-order valence-corrected chi connectivity index (χ2v) is 6.54. The van der Waals surface area contributed by atoms with Crippen molar-refractivity contribution >= 4 is 29.9 Å². The minimum Gasteiger partial charge on any atom is -0.386 e. The number of nitrogens with zero attached hydrogens (tertiary/aromatic N) is 1. The molecule has 0 fully saturated rings. The van der Waals surface area contributed by atoms with Gasteiger partial charge in [-0.05, 0) is 24.1 Å². The van der Waals surface area contributed by atoms with Gasteiger partial charge in [-0.3, -0.25) is 0 Å². The van der Waals surface area contributed by atoms with Gasteiger partial charge in [-0.2, -0.15) is 13.2 Å². The van der Waals surface area contributed by atoms with Crippen LogP contribution in [0.2, 0.25) is 0 Å². The molecule has 0 saturated heterocycles. The van der Waals surface area contributed by atoms with Crippen LogP contribution >= 0.6 is 24.0 Å². The Kier molecular flexibility index (Phi) is 11.8.